The van der Waals surface area contributed by atoms with Gasteiger partial charge in [0.15, 0.2) is 5.82 Å². The number of rotatable bonds is 5. The van der Waals surface area contributed by atoms with Gasteiger partial charge in [-0.05, 0) is 55.0 Å². The molecular weight excluding hydrogens is 317 g/mol. The van der Waals surface area contributed by atoms with Gasteiger partial charge in [-0.1, -0.05) is 26.0 Å². The summed E-state index contributed by atoms with van der Waals surface area (Å²) < 4.78 is 13.1. The van der Waals surface area contributed by atoms with Gasteiger partial charge in [-0.15, -0.1) is 5.10 Å². The molecule has 25 heavy (non-hydrogen) atoms. The lowest BCUT2D eigenvalue weighted by Gasteiger charge is -2.42. The SMILES string of the molecule is CC(C)c1ccc(N2CCC[C@@](CO)(Cc3ccc(F)cc3)C2)nn1. The highest BCUT2D eigenvalue weighted by Gasteiger charge is 2.35. The van der Waals surface area contributed by atoms with Crippen LogP contribution < -0.4 is 4.90 Å². The molecule has 3 rings (SSSR count). The standard InChI is InChI=1S/C20H26FN3O/c1-15(2)18-8-9-19(23-22-18)24-11-3-10-20(13-24,14-25)12-16-4-6-17(21)7-5-16/h4-9,15,25H,3,10-14H2,1-2H3/t20-/m1/s1. The van der Waals surface area contributed by atoms with Crippen LogP contribution in [0.3, 0.4) is 0 Å². The van der Waals surface area contributed by atoms with Crippen molar-refractivity contribution in [2.45, 2.75) is 39.0 Å². The van der Waals surface area contributed by atoms with Crippen molar-refractivity contribution in [2.75, 3.05) is 24.6 Å². The molecule has 1 fully saturated rings. The van der Waals surface area contributed by atoms with Crippen LogP contribution in [-0.4, -0.2) is 35.0 Å². The number of hydrogen-bond donors (Lipinski definition) is 1. The van der Waals surface area contributed by atoms with E-state index < -0.39 is 0 Å². The lowest BCUT2D eigenvalue weighted by Crippen LogP contribution is -2.47. The minimum Gasteiger partial charge on any atom is -0.396 e. The second-order valence-electron chi connectivity index (χ2n) is 7.46. The molecule has 0 radical (unpaired) electrons. The summed E-state index contributed by atoms with van der Waals surface area (Å²) in [5.41, 5.74) is 1.81. The molecule has 1 N–H and O–H groups in total. The third-order valence-electron chi connectivity index (χ3n) is 5.08. The summed E-state index contributed by atoms with van der Waals surface area (Å²) in [4.78, 5) is 2.21. The molecule has 0 bridgehead atoms. The fourth-order valence-corrected chi connectivity index (χ4v) is 3.58. The van der Waals surface area contributed by atoms with Gasteiger partial charge in [-0.3, -0.25) is 0 Å². The maximum absolute atomic E-state index is 13.1. The summed E-state index contributed by atoms with van der Waals surface area (Å²) >= 11 is 0. The van der Waals surface area contributed by atoms with Crippen LogP contribution >= 0.6 is 0 Å². The molecule has 1 atom stereocenters. The molecule has 0 spiro atoms. The molecular formula is C20H26FN3O. The molecule has 1 saturated heterocycles. The zero-order chi connectivity index (χ0) is 17.9. The van der Waals surface area contributed by atoms with Gasteiger partial charge in [0.25, 0.3) is 0 Å². The van der Waals surface area contributed by atoms with Crippen LogP contribution in [0, 0.1) is 11.2 Å². The van der Waals surface area contributed by atoms with Crippen LogP contribution in [0.25, 0.3) is 0 Å². The van der Waals surface area contributed by atoms with Crippen molar-refractivity contribution in [3.05, 3.63) is 53.5 Å². The van der Waals surface area contributed by atoms with E-state index in [2.05, 4.69) is 28.9 Å². The van der Waals surface area contributed by atoms with Gasteiger partial charge in [0.2, 0.25) is 0 Å². The smallest absolute Gasteiger partial charge is 0.151 e. The third-order valence-corrected chi connectivity index (χ3v) is 5.08. The molecule has 4 nitrogen and oxygen atoms in total. The van der Waals surface area contributed by atoms with Crippen LogP contribution in [0.5, 0.6) is 0 Å². The van der Waals surface area contributed by atoms with E-state index in [1.807, 2.05) is 24.3 Å². The Morgan fingerprint density at radius 2 is 1.92 bits per heavy atom. The number of aliphatic hydroxyl groups is 1. The number of halogens is 1. The first-order valence-corrected chi connectivity index (χ1v) is 8.95. The topological polar surface area (TPSA) is 49.2 Å². The lowest BCUT2D eigenvalue weighted by atomic mass is 9.75. The Bertz CT molecular complexity index is 687. The summed E-state index contributed by atoms with van der Waals surface area (Å²) in [5.74, 6) is 0.992. The Hall–Kier alpha value is -2.01. The van der Waals surface area contributed by atoms with Gasteiger partial charge in [0, 0.05) is 18.5 Å². The number of nitrogens with zero attached hydrogens (tertiary/aromatic N) is 3. The van der Waals surface area contributed by atoms with Crippen LogP contribution in [0.4, 0.5) is 10.2 Å². The molecule has 0 aliphatic carbocycles. The molecule has 134 valence electrons. The molecule has 0 unspecified atom stereocenters. The molecule has 1 aromatic carbocycles. The quantitative estimate of drug-likeness (QED) is 0.902. The van der Waals surface area contributed by atoms with Crippen LogP contribution in [0.15, 0.2) is 36.4 Å². The summed E-state index contributed by atoms with van der Waals surface area (Å²) in [5, 5.41) is 18.8. The number of aliphatic hydroxyl groups excluding tert-OH is 1. The van der Waals surface area contributed by atoms with Crippen molar-refractivity contribution in [1.82, 2.24) is 10.2 Å². The number of aromatic nitrogens is 2. The molecule has 2 heterocycles. The molecule has 2 aromatic rings. The number of piperidine rings is 1. The summed E-state index contributed by atoms with van der Waals surface area (Å²) in [7, 11) is 0. The number of anilines is 1. The molecule has 0 amide bonds. The van der Waals surface area contributed by atoms with Gasteiger partial charge >= 0.3 is 0 Å². The largest absolute Gasteiger partial charge is 0.396 e. The van der Waals surface area contributed by atoms with Crippen LogP contribution in [0.2, 0.25) is 0 Å². The maximum atomic E-state index is 13.1. The fraction of sp³-hybridized carbons (Fsp3) is 0.500. The van der Waals surface area contributed by atoms with E-state index in [-0.39, 0.29) is 17.8 Å². The fourth-order valence-electron chi connectivity index (χ4n) is 3.58. The second kappa shape index (κ2) is 7.48. The molecule has 1 aliphatic rings. The first-order chi connectivity index (χ1) is 12.0. The Balaban J connectivity index is 1.76. The van der Waals surface area contributed by atoms with Crippen molar-refractivity contribution < 1.29 is 9.50 Å². The van der Waals surface area contributed by atoms with Gasteiger partial charge < -0.3 is 10.0 Å². The van der Waals surface area contributed by atoms with Crippen molar-refractivity contribution in [3.8, 4) is 0 Å². The van der Waals surface area contributed by atoms with E-state index in [0.29, 0.717) is 5.92 Å². The Morgan fingerprint density at radius 1 is 1.16 bits per heavy atom. The van der Waals surface area contributed by atoms with Gasteiger partial charge in [-0.2, -0.15) is 5.10 Å². The second-order valence-corrected chi connectivity index (χ2v) is 7.46. The zero-order valence-electron chi connectivity index (χ0n) is 15.0. The van der Waals surface area contributed by atoms with E-state index in [4.69, 9.17) is 0 Å². The number of hydrogen-bond acceptors (Lipinski definition) is 4. The minimum absolute atomic E-state index is 0.110. The van der Waals surface area contributed by atoms with Crippen molar-refractivity contribution >= 4 is 5.82 Å². The number of benzene rings is 1. The van der Waals surface area contributed by atoms with Crippen molar-refractivity contribution in [3.63, 3.8) is 0 Å². The highest BCUT2D eigenvalue weighted by molar-refractivity contribution is 5.39. The highest BCUT2D eigenvalue weighted by atomic mass is 19.1. The molecule has 1 aromatic heterocycles. The van der Waals surface area contributed by atoms with E-state index in [0.717, 1.165) is 49.4 Å². The normalized spacial score (nSPS) is 20.9. The van der Waals surface area contributed by atoms with E-state index in [1.54, 1.807) is 0 Å². The van der Waals surface area contributed by atoms with Crippen LogP contribution in [-0.2, 0) is 6.42 Å². The summed E-state index contributed by atoms with van der Waals surface area (Å²) in [6.07, 6.45) is 2.68. The van der Waals surface area contributed by atoms with E-state index in [9.17, 15) is 9.50 Å². The first kappa shape index (κ1) is 17.8. The average molecular weight is 343 g/mol. The predicted octanol–water partition coefficient (Wildman–Crippen LogP) is 3.56. The van der Waals surface area contributed by atoms with E-state index in [1.165, 1.54) is 12.1 Å². The predicted molar refractivity (Wildman–Crippen MR) is 97.2 cm³/mol. The Morgan fingerprint density at radius 3 is 2.52 bits per heavy atom. The van der Waals surface area contributed by atoms with Gasteiger partial charge in [-0.25, -0.2) is 4.39 Å². The monoisotopic (exact) mass is 343 g/mol. The highest BCUT2D eigenvalue weighted by Crippen LogP contribution is 2.35. The summed E-state index contributed by atoms with van der Waals surface area (Å²) in [6.45, 7) is 5.96. The van der Waals surface area contributed by atoms with E-state index >= 15 is 0 Å². The average Bonchev–Trinajstić information content (AvgIpc) is 2.64. The maximum Gasteiger partial charge on any atom is 0.151 e. The first-order valence-electron chi connectivity index (χ1n) is 8.95. The summed E-state index contributed by atoms with van der Waals surface area (Å²) in [6, 6.07) is 10.6. The van der Waals surface area contributed by atoms with Crippen molar-refractivity contribution in [2.24, 2.45) is 5.41 Å². The molecule has 1 aliphatic heterocycles. The van der Waals surface area contributed by atoms with Gasteiger partial charge in [0.1, 0.15) is 5.82 Å². The Labute approximate surface area is 148 Å². The van der Waals surface area contributed by atoms with Gasteiger partial charge in [0.05, 0.1) is 12.3 Å². The molecule has 5 heteroatoms. The molecule has 0 saturated carbocycles. The van der Waals surface area contributed by atoms with Crippen molar-refractivity contribution in [1.29, 1.82) is 0 Å². The lowest BCUT2D eigenvalue weighted by molar-refractivity contribution is 0.105. The Kier molecular flexibility index (Phi) is 5.33. The minimum atomic E-state index is -0.229. The van der Waals surface area contributed by atoms with Crippen LogP contribution in [0.1, 0.15) is 43.9 Å². The third kappa shape index (κ3) is 4.15. The zero-order valence-corrected chi connectivity index (χ0v) is 15.0.